The van der Waals surface area contributed by atoms with Gasteiger partial charge in [0, 0.05) is 32.1 Å². The molecule has 1 atom stereocenters. The number of nitrogens with one attached hydrogen (secondary N) is 1. The lowest BCUT2D eigenvalue weighted by molar-refractivity contribution is -0.130. The van der Waals surface area contributed by atoms with E-state index in [2.05, 4.69) is 5.32 Å². The second-order valence-electron chi connectivity index (χ2n) is 6.20. The highest BCUT2D eigenvalue weighted by Crippen LogP contribution is 2.16. The average Bonchev–Trinajstić information content (AvgIpc) is 3.11. The molecule has 1 aromatic carbocycles. The fourth-order valence-corrected chi connectivity index (χ4v) is 2.83. The highest BCUT2D eigenvalue weighted by atomic mass is 19.1. The van der Waals surface area contributed by atoms with E-state index in [1.54, 1.807) is 17.0 Å². The zero-order valence-corrected chi connectivity index (χ0v) is 14.4. The molecule has 0 radical (unpaired) electrons. The number of hydrogen-bond acceptors (Lipinski definition) is 2. The molecule has 1 aromatic rings. The van der Waals surface area contributed by atoms with Crippen molar-refractivity contribution in [2.75, 3.05) is 25.0 Å². The van der Waals surface area contributed by atoms with Crippen LogP contribution in [0.15, 0.2) is 24.3 Å². The lowest BCUT2D eigenvalue weighted by atomic mass is 10.2. The number of para-hydroxylation sites is 1. The summed E-state index contributed by atoms with van der Waals surface area (Å²) < 4.78 is 13.7. The number of rotatable bonds is 6. The van der Waals surface area contributed by atoms with Gasteiger partial charge < -0.3 is 15.1 Å². The summed E-state index contributed by atoms with van der Waals surface area (Å²) in [5, 5.41) is 2.61. The molecule has 1 fully saturated rings. The smallest absolute Gasteiger partial charge is 0.322 e. The SMILES string of the molecule is CCC(C)N(CCC(=O)N1CCCC1)C(=O)Nc1ccccc1F. The van der Waals surface area contributed by atoms with E-state index in [9.17, 15) is 14.0 Å². The molecular formula is C18H26FN3O2. The van der Waals surface area contributed by atoms with Crippen LogP contribution in [0.25, 0.3) is 0 Å². The molecule has 0 bridgehead atoms. The van der Waals surface area contributed by atoms with Crippen LogP contribution in [0.4, 0.5) is 14.9 Å². The third-order valence-electron chi connectivity index (χ3n) is 4.52. The van der Waals surface area contributed by atoms with Crippen LogP contribution in [0, 0.1) is 5.82 Å². The predicted octanol–water partition coefficient (Wildman–Crippen LogP) is 3.47. The molecule has 0 aliphatic carbocycles. The van der Waals surface area contributed by atoms with Gasteiger partial charge in [0.2, 0.25) is 5.91 Å². The number of amides is 3. The first-order valence-corrected chi connectivity index (χ1v) is 8.62. The Kier molecular flexibility index (Phi) is 6.58. The number of hydrogen-bond donors (Lipinski definition) is 1. The molecule has 1 heterocycles. The average molecular weight is 335 g/mol. The Balaban J connectivity index is 1.97. The summed E-state index contributed by atoms with van der Waals surface area (Å²) in [6, 6.07) is 5.68. The van der Waals surface area contributed by atoms with Gasteiger partial charge >= 0.3 is 6.03 Å². The lowest BCUT2D eigenvalue weighted by Gasteiger charge is -2.29. The van der Waals surface area contributed by atoms with E-state index < -0.39 is 5.82 Å². The highest BCUT2D eigenvalue weighted by molar-refractivity contribution is 5.90. The summed E-state index contributed by atoms with van der Waals surface area (Å²) >= 11 is 0. The molecule has 1 N–H and O–H groups in total. The molecule has 3 amide bonds. The van der Waals surface area contributed by atoms with E-state index in [1.165, 1.54) is 12.1 Å². The Morgan fingerprint density at radius 2 is 1.96 bits per heavy atom. The number of nitrogens with zero attached hydrogens (tertiary/aromatic N) is 2. The quantitative estimate of drug-likeness (QED) is 0.865. The van der Waals surface area contributed by atoms with Crippen LogP contribution in [0.1, 0.15) is 39.5 Å². The van der Waals surface area contributed by atoms with Crippen molar-refractivity contribution in [2.45, 2.75) is 45.6 Å². The highest BCUT2D eigenvalue weighted by Gasteiger charge is 2.23. The predicted molar refractivity (Wildman–Crippen MR) is 92.3 cm³/mol. The van der Waals surface area contributed by atoms with Crippen molar-refractivity contribution in [3.05, 3.63) is 30.1 Å². The maximum absolute atomic E-state index is 13.7. The van der Waals surface area contributed by atoms with Gasteiger partial charge in [-0.25, -0.2) is 9.18 Å². The van der Waals surface area contributed by atoms with Crippen LogP contribution < -0.4 is 5.32 Å². The second kappa shape index (κ2) is 8.66. The molecule has 0 saturated carbocycles. The monoisotopic (exact) mass is 335 g/mol. The van der Waals surface area contributed by atoms with Crippen LogP contribution in [0.3, 0.4) is 0 Å². The van der Waals surface area contributed by atoms with Crippen molar-refractivity contribution in [1.82, 2.24) is 9.80 Å². The zero-order valence-electron chi connectivity index (χ0n) is 14.4. The van der Waals surface area contributed by atoms with E-state index in [4.69, 9.17) is 0 Å². The molecule has 0 aromatic heterocycles. The fourth-order valence-electron chi connectivity index (χ4n) is 2.83. The number of urea groups is 1. The Hall–Kier alpha value is -2.11. The van der Waals surface area contributed by atoms with Crippen LogP contribution >= 0.6 is 0 Å². The maximum atomic E-state index is 13.7. The van der Waals surface area contributed by atoms with E-state index in [0.29, 0.717) is 13.0 Å². The van der Waals surface area contributed by atoms with Crippen molar-refractivity contribution in [3.8, 4) is 0 Å². The molecule has 132 valence electrons. The van der Waals surface area contributed by atoms with Crippen molar-refractivity contribution in [2.24, 2.45) is 0 Å². The first-order chi connectivity index (χ1) is 11.5. The summed E-state index contributed by atoms with van der Waals surface area (Å²) in [5.74, 6) is -0.386. The Morgan fingerprint density at radius 3 is 2.58 bits per heavy atom. The molecule has 6 heteroatoms. The van der Waals surface area contributed by atoms with Crippen LogP contribution in [-0.4, -0.2) is 47.4 Å². The molecule has 1 saturated heterocycles. The summed E-state index contributed by atoms with van der Waals surface area (Å²) in [6.45, 7) is 5.87. The standard InChI is InChI=1S/C18H26FN3O2/c1-3-14(2)22(13-10-17(23)21-11-6-7-12-21)18(24)20-16-9-5-4-8-15(16)19/h4-5,8-9,14H,3,6-7,10-13H2,1-2H3,(H,20,24). The topological polar surface area (TPSA) is 52.7 Å². The van der Waals surface area contributed by atoms with Gasteiger partial charge in [-0.05, 0) is 38.3 Å². The van der Waals surface area contributed by atoms with Crippen molar-refractivity contribution in [3.63, 3.8) is 0 Å². The Bertz CT molecular complexity index is 573. The molecule has 5 nitrogen and oxygen atoms in total. The third kappa shape index (κ3) is 4.69. The number of carbonyl (C=O) groups is 2. The van der Waals surface area contributed by atoms with Gasteiger partial charge in [-0.1, -0.05) is 19.1 Å². The number of halogens is 1. The van der Waals surface area contributed by atoms with E-state index in [-0.39, 0.29) is 23.7 Å². The normalized spacial score (nSPS) is 15.2. The van der Waals surface area contributed by atoms with Gasteiger partial charge in [0.05, 0.1) is 5.69 Å². The number of likely N-dealkylation sites (tertiary alicyclic amines) is 1. The van der Waals surface area contributed by atoms with Crippen LogP contribution in [-0.2, 0) is 4.79 Å². The zero-order chi connectivity index (χ0) is 17.5. The molecule has 2 rings (SSSR count). The van der Waals surface area contributed by atoms with E-state index in [0.717, 1.165) is 32.4 Å². The first-order valence-electron chi connectivity index (χ1n) is 8.62. The molecule has 1 aliphatic rings. The van der Waals surface area contributed by atoms with Crippen LogP contribution in [0.2, 0.25) is 0 Å². The minimum Gasteiger partial charge on any atom is -0.343 e. The molecule has 1 aliphatic heterocycles. The van der Waals surface area contributed by atoms with Gasteiger partial charge in [-0.15, -0.1) is 0 Å². The van der Waals surface area contributed by atoms with Gasteiger partial charge in [0.1, 0.15) is 5.82 Å². The summed E-state index contributed by atoms with van der Waals surface area (Å²) in [4.78, 5) is 28.2. The van der Waals surface area contributed by atoms with E-state index in [1.807, 2.05) is 18.7 Å². The van der Waals surface area contributed by atoms with Crippen molar-refractivity contribution in [1.29, 1.82) is 0 Å². The van der Waals surface area contributed by atoms with Crippen LogP contribution in [0.5, 0.6) is 0 Å². The molecule has 24 heavy (non-hydrogen) atoms. The van der Waals surface area contributed by atoms with Gasteiger partial charge in [0.15, 0.2) is 0 Å². The number of carbonyl (C=O) groups excluding carboxylic acids is 2. The fraction of sp³-hybridized carbons (Fsp3) is 0.556. The first kappa shape index (κ1) is 18.2. The number of benzene rings is 1. The maximum Gasteiger partial charge on any atom is 0.322 e. The molecular weight excluding hydrogens is 309 g/mol. The Labute approximate surface area is 142 Å². The van der Waals surface area contributed by atoms with Gasteiger partial charge in [-0.2, -0.15) is 0 Å². The van der Waals surface area contributed by atoms with E-state index >= 15 is 0 Å². The number of anilines is 1. The molecule has 0 spiro atoms. The van der Waals surface area contributed by atoms with Gasteiger partial charge in [-0.3, -0.25) is 4.79 Å². The molecule has 1 unspecified atom stereocenters. The summed E-state index contributed by atoms with van der Waals surface area (Å²) in [6.07, 6.45) is 3.17. The van der Waals surface area contributed by atoms with Crippen molar-refractivity contribution >= 4 is 17.6 Å². The minimum absolute atomic E-state index is 0.0249. The third-order valence-corrected chi connectivity index (χ3v) is 4.52. The largest absolute Gasteiger partial charge is 0.343 e. The van der Waals surface area contributed by atoms with Gasteiger partial charge in [0.25, 0.3) is 0 Å². The second-order valence-corrected chi connectivity index (χ2v) is 6.20. The summed E-state index contributed by atoms with van der Waals surface area (Å²) in [7, 11) is 0. The Morgan fingerprint density at radius 1 is 1.29 bits per heavy atom. The minimum atomic E-state index is -0.469. The lowest BCUT2D eigenvalue weighted by Crippen LogP contribution is -2.43. The summed E-state index contributed by atoms with van der Waals surface area (Å²) in [5.41, 5.74) is 0.154. The van der Waals surface area contributed by atoms with Crippen molar-refractivity contribution < 1.29 is 14.0 Å².